The van der Waals surface area contributed by atoms with Gasteiger partial charge in [0.15, 0.2) is 0 Å². The average molecular weight is 206 g/mol. The maximum absolute atomic E-state index is 5.95. The lowest BCUT2D eigenvalue weighted by atomic mass is 10.1. The first kappa shape index (κ1) is 9.85. The average Bonchev–Trinajstić information content (AvgIpc) is 2.85. The monoisotopic (exact) mass is 206 g/mol. The molecule has 1 unspecified atom stereocenters. The Morgan fingerprint density at radius 1 is 1.60 bits per heavy atom. The Bertz CT molecular complexity index is 404. The van der Waals surface area contributed by atoms with Gasteiger partial charge in [-0.3, -0.25) is 0 Å². The van der Waals surface area contributed by atoms with Crippen molar-refractivity contribution in [3.8, 4) is 0 Å². The van der Waals surface area contributed by atoms with Crippen molar-refractivity contribution >= 4 is 0 Å². The highest BCUT2D eigenvalue weighted by atomic mass is 15.3. The number of aromatic amines is 1. The second-order valence-electron chi connectivity index (χ2n) is 3.49. The first-order valence-electron chi connectivity index (χ1n) is 4.85. The molecule has 6 nitrogen and oxygen atoms in total. The van der Waals surface area contributed by atoms with Gasteiger partial charge in [0.25, 0.3) is 0 Å². The molecule has 0 radical (unpaired) electrons. The zero-order valence-corrected chi connectivity index (χ0v) is 8.59. The van der Waals surface area contributed by atoms with E-state index in [2.05, 4.69) is 20.4 Å². The largest absolute Gasteiger partial charge is 0.338 e. The molecule has 0 aromatic carbocycles. The van der Waals surface area contributed by atoms with E-state index in [1.807, 2.05) is 17.8 Å². The first-order valence-corrected chi connectivity index (χ1v) is 4.85. The van der Waals surface area contributed by atoms with E-state index in [1.165, 1.54) is 0 Å². The van der Waals surface area contributed by atoms with Gasteiger partial charge in [-0.2, -0.15) is 15.4 Å². The molecular formula is C9H14N6. The number of hydrogen-bond donors (Lipinski definition) is 2. The lowest BCUT2D eigenvalue weighted by Gasteiger charge is -2.07. The molecule has 1 atom stereocenters. The van der Waals surface area contributed by atoms with Crippen molar-refractivity contribution in [3.63, 3.8) is 0 Å². The van der Waals surface area contributed by atoms with Gasteiger partial charge in [0, 0.05) is 25.9 Å². The van der Waals surface area contributed by atoms with E-state index < -0.39 is 0 Å². The van der Waals surface area contributed by atoms with Crippen LogP contribution in [-0.4, -0.2) is 25.0 Å². The standard InChI is InChI=1S/C9H14N6/c1-15-5-4-11-9(15)3-2-7(10)8-6-12-14-13-8/h4-7H,2-3,10H2,1H3,(H,12,13,14). The van der Waals surface area contributed by atoms with E-state index in [-0.39, 0.29) is 6.04 Å². The minimum absolute atomic E-state index is 0.0829. The molecule has 0 amide bonds. The van der Waals surface area contributed by atoms with Crippen molar-refractivity contribution in [3.05, 3.63) is 30.1 Å². The molecule has 80 valence electrons. The fourth-order valence-electron chi connectivity index (χ4n) is 1.46. The second kappa shape index (κ2) is 4.22. The van der Waals surface area contributed by atoms with Gasteiger partial charge >= 0.3 is 0 Å². The number of aryl methyl sites for hydroxylation is 2. The highest BCUT2D eigenvalue weighted by Crippen LogP contribution is 2.12. The fraction of sp³-hybridized carbons (Fsp3) is 0.444. The minimum atomic E-state index is -0.0829. The van der Waals surface area contributed by atoms with Crippen LogP contribution in [0.4, 0.5) is 0 Å². The Labute approximate surface area is 87.5 Å². The molecule has 2 rings (SSSR count). The van der Waals surface area contributed by atoms with Crippen LogP contribution in [0.5, 0.6) is 0 Å². The summed E-state index contributed by atoms with van der Waals surface area (Å²) in [5, 5.41) is 10.2. The van der Waals surface area contributed by atoms with E-state index in [9.17, 15) is 0 Å². The number of nitrogens with one attached hydrogen (secondary N) is 1. The Kier molecular flexibility index (Phi) is 2.77. The lowest BCUT2D eigenvalue weighted by molar-refractivity contribution is 0.605. The van der Waals surface area contributed by atoms with Crippen LogP contribution in [0.25, 0.3) is 0 Å². The summed E-state index contributed by atoms with van der Waals surface area (Å²) in [5.41, 5.74) is 6.74. The molecule has 2 aromatic heterocycles. The molecule has 3 N–H and O–H groups in total. The molecule has 2 heterocycles. The number of hydrogen-bond acceptors (Lipinski definition) is 4. The Balaban J connectivity index is 1.91. The third-order valence-electron chi connectivity index (χ3n) is 2.41. The van der Waals surface area contributed by atoms with Crippen molar-refractivity contribution in [2.75, 3.05) is 0 Å². The predicted molar refractivity (Wildman–Crippen MR) is 54.8 cm³/mol. The highest BCUT2D eigenvalue weighted by molar-refractivity contribution is 5.00. The zero-order chi connectivity index (χ0) is 10.7. The summed E-state index contributed by atoms with van der Waals surface area (Å²) in [6.45, 7) is 0. The van der Waals surface area contributed by atoms with Crippen LogP contribution >= 0.6 is 0 Å². The molecule has 15 heavy (non-hydrogen) atoms. The molecule has 0 bridgehead atoms. The summed E-state index contributed by atoms with van der Waals surface area (Å²) < 4.78 is 2.00. The van der Waals surface area contributed by atoms with Gasteiger partial charge in [0.05, 0.1) is 17.9 Å². The fourth-order valence-corrected chi connectivity index (χ4v) is 1.46. The number of nitrogens with two attached hydrogens (primary N) is 1. The van der Waals surface area contributed by atoms with Crippen LogP contribution in [0.2, 0.25) is 0 Å². The van der Waals surface area contributed by atoms with Crippen LogP contribution in [0.3, 0.4) is 0 Å². The van der Waals surface area contributed by atoms with Crippen molar-refractivity contribution in [2.24, 2.45) is 12.8 Å². The third kappa shape index (κ3) is 2.21. The van der Waals surface area contributed by atoms with Gasteiger partial charge in [-0.1, -0.05) is 0 Å². The van der Waals surface area contributed by atoms with Crippen molar-refractivity contribution < 1.29 is 0 Å². The van der Waals surface area contributed by atoms with Crippen LogP contribution in [0.15, 0.2) is 18.6 Å². The molecule has 6 heteroatoms. The SMILES string of the molecule is Cn1ccnc1CCC(N)c1cn[nH]n1. The van der Waals surface area contributed by atoms with Gasteiger partial charge in [0.2, 0.25) is 0 Å². The molecule has 0 saturated heterocycles. The van der Waals surface area contributed by atoms with Gasteiger partial charge in [-0.25, -0.2) is 4.98 Å². The minimum Gasteiger partial charge on any atom is -0.338 e. The van der Waals surface area contributed by atoms with Crippen LogP contribution < -0.4 is 5.73 Å². The van der Waals surface area contributed by atoms with Gasteiger partial charge in [-0.15, -0.1) is 0 Å². The molecule has 0 spiro atoms. The third-order valence-corrected chi connectivity index (χ3v) is 2.41. The Morgan fingerprint density at radius 2 is 2.47 bits per heavy atom. The maximum atomic E-state index is 5.95. The van der Waals surface area contributed by atoms with Crippen molar-refractivity contribution in [2.45, 2.75) is 18.9 Å². The van der Waals surface area contributed by atoms with Gasteiger partial charge in [0.1, 0.15) is 5.82 Å². The molecule has 0 fully saturated rings. The van der Waals surface area contributed by atoms with E-state index in [0.29, 0.717) is 0 Å². The van der Waals surface area contributed by atoms with Gasteiger partial charge in [-0.05, 0) is 6.42 Å². The summed E-state index contributed by atoms with van der Waals surface area (Å²) in [6.07, 6.45) is 7.03. The van der Waals surface area contributed by atoms with Crippen LogP contribution in [0, 0.1) is 0 Å². The van der Waals surface area contributed by atoms with Crippen molar-refractivity contribution in [1.29, 1.82) is 0 Å². The van der Waals surface area contributed by atoms with E-state index in [4.69, 9.17) is 5.73 Å². The number of aromatic nitrogens is 5. The highest BCUT2D eigenvalue weighted by Gasteiger charge is 2.10. The summed E-state index contributed by atoms with van der Waals surface area (Å²) >= 11 is 0. The summed E-state index contributed by atoms with van der Waals surface area (Å²) in [7, 11) is 1.98. The maximum Gasteiger partial charge on any atom is 0.108 e. The predicted octanol–water partition coefficient (Wildman–Crippen LogP) is 0.171. The first-order chi connectivity index (χ1) is 7.27. The Hall–Kier alpha value is -1.69. The smallest absolute Gasteiger partial charge is 0.108 e. The molecule has 0 aliphatic carbocycles. The number of imidazole rings is 1. The summed E-state index contributed by atoms with van der Waals surface area (Å²) in [5.74, 6) is 1.04. The van der Waals surface area contributed by atoms with E-state index >= 15 is 0 Å². The molecule has 2 aromatic rings. The topological polar surface area (TPSA) is 85.4 Å². The van der Waals surface area contributed by atoms with Crippen LogP contribution in [0.1, 0.15) is 24.0 Å². The zero-order valence-electron chi connectivity index (χ0n) is 8.59. The number of rotatable bonds is 4. The number of nitrogens with zero attached hydrogens (tertiary/aromatic N) is 4. The van der Waals surface area contributed by atoms with E-state index in [0.717, 1.165) is 24.4 Å². The summed E-state index contributed by atoms with van der Waals surface area (Å²) in [6, 6.07) is -0.0829. The number of H-pyrrole nitrogens is 1. The molecule has 0 aliphatic rings. The second-order valence-corrected chi connectivity index (χ2v) is 3.49. The quantitative estimate of drug-likeness (QED) is 0.746. The van der Waals surface area contributed by atoms with E-state index in [1.54, 1.807) is 12.4 Å². The van der Waals surface area contributed by atoms with Crippen molar-refractivity contribution in [1.82, 2.24) is 25.0 Å². The normalized spacial score (nSPS) is 12.9. The van der Waals surface area contributed by atoms with Gasteiger partial charge < -0.3 is 10.3 Å². The molecular weight excluding hydrogens is 192 g/mol. The summed E-state index contributed by atoms with van der Waals surface area (Å²) in [4.78, 5) is 4.23. The Morgan fingerprint density at radius 3 is 3.07 bits per heavy atom. The van der Waals surface area contributed by atoms with Crippen LogP contribution in [-0.2, 0) is 13.5 Å². The lowest BCUT2D eigenvalue weighted by Crippen LogP contribution is -2.13. The molecule has 0 saturated carbocycles. The molecule has 0 aliphatic heterocycles.